The van der Waals surface area contributed by atoms with Crippen molar-refractivity contribution in [2.75, 3.05) is 18.1 Å². The van der Waals surface area contributed by atoms with E-state index >= 15 is 0 Å². The molecule has 15 heteroatoms. The lowest BCUT2D eigenvalue weighted by atomic mass is 10.0. The molecule has 10 nitrogen and oxygen atoms in total. The van der Waals surface area contributed by atoms with Gasteiger partial charge in [0.05, 0.1) is 20.0 Å². The largest absolute Gasteiger partial charge is 0.448 e. The molecule has 0 spiro atoms. The summed E-state index contributed by atoms with van der Waals surface area (Å²) in [4.78, 5) is 70.1. The Hall–Kier alpha value is -4.54. The van der Waals surface area contributed by atoms with Gasteiger partial charge in [0.1, 0.15) is 22.7 Å². The van der Waals surface area contributed by atoms with Crippen molar-refractivity contribution in [3.8, 4) is 0 Å². The molecule has 3 amide bonds. The molecule has 3 aromatic carbocycles. The van der Waals surface area contributed by atoms with Gasteiger partial charge >= 0.3 is 12.1 Å². The lowest BCUT2D eigenvalue weighted by Crippen LogP contribution is -2.70. The third-order valence-corrected chi connectivity index (χ3v) is 15.0. The van der Waals surface area contributed by atoms with Gasteiger partial charge in [0, 0.05) is 34.3 Å². The van der Waals surface area contributed by atoms with Gasteiger partial charge in [-0.1, -0.05) is 103 Å². The van der Waals surface area contributed by atoms with Crippen LogP contribution in [0.1, 0.15) is 49.1 Å². The lowest BCUT2D eigenvalue weighted by molar-refractivity contribution is -0.154. The number of benzene rings is 3. The Labute approximate surface area is 357 Å². The first kappa shape index (κ1) is 41.6. The molecular weight excluding hydrogens is 831 g/mol. The minimum Gasteiger partial charge on any atom is -0.448 e. The number of rotatable bonds is 14. The zero-order valence-electron chi connectivity index (χ0n) is 31.9. The molecule has 2 aliphatic rings. The number of β-lactam (4-membered cyclic amide) rings is 1. The van der Waals surface area contributed by atoms with Crippen molar-refractivity contribution in [2.45, 2.75) is 60.3 Å². The number of hydrogen-bond acceptors (Lipinski definition) is 12. The van der Waals surface area contributed by atoms with Crippen LogP contribution in [0.15, 0.2) is 122 Å². The molecule has 0 radical (unpaired) electrons. The fraction of sp³-hybridized carbons (Fsp3) is 0.279. The minimum atomic E-state index is -0.825. The molecule has 0 bridgehead atoms. The van der Waals surface area contributed by atoms with Gasteiger partial charge in [-0.05, 0) is 48.9 Å². The number of nitrogens with zero attached hydrogens (tertiary/aromatic N) is 1. The maximum absolute atomic E-state index is 14.7. The SMILES string of the molecule is CC(C)(C)OC(=O)NCCSCc1c(SC2=C(C(=O)OC(c3ccccc3)c3ccccc3)N3C(=O)C(NC(=O)Cc4ccccc4)[C@@H]3SC2)sc2ccsc2c1=O. The molecule has 2 atom stereocenters. The van der Waals surface area contributed by atoms with Crippen molar-refractivity contribution in [2.24, 2.45) is 0 Å². The quantitative estimate of drug-likeness (QED) is 0.0638. The van der Waals surface area contributed by atoms with Crippen LogP contribution < -0.4 is 16.1 Å². The second-order valence-electron chi connectivity index (χ2n) is 14.4. The number of fused-ring (bicyclic) bond motifs is 2. The first-order valence-electron chi connectivity index (χ1n) is 18.5. The highest BCUT2D eigenvalue weighted by Gasteiger charge is 2.55. The van der Waals surface area contributed by atoms with E-state index in [9.17, 15) is 24.0 Å². The molecule has 58 heavy (non-hydrogen) atoms. The molecule has 0 saturated carbocycles. The summed E-state index contributed by atoms with van der Waals surface area (Å²) in [7, 11) is 0. The molecular formula is C43H41N3O7S5. The van der Waals surface area contributed by atoms with E-state index in [0.717, 1.165) is 21.4 Å². The van der Waals surface area contributed by atoms with E-state index in [2.05, 4.69) is 10.6 Å². The van der Waals surface area contributed by atoms with Gasteiger partial charge in [-0.15, -0.1) is 34.4 Å². The van der Waals surface area contributed by atoms with E-state index in [1.165, 1.54) is 62.9 Å². The summed E-state index contributed by atoms with van der Waals surface area (Å²) in [5.41, 5.74) is 2.35. The van der Waals surface area contributed by atoms with Crippen LogP contribution in [0.25, 0.3) is 9.40 Å². The van der Waals surface area contributed by atoms with E-state index in [1.807, 2.05) is 102 Å². The first-order chi connectivity index (χ1) is 28.0. The molecule has 2 N–H and O–H groups in total. The Balaban J connectivity index is 1.19. The first-order valence-corrected chi connectivity index (χ1v) is 23.3. The van der Waals surface area contributed by atoms with Crippen LogP contribution in [-0.4, -0.2) is 63.8 Å². The van der Waals surface area contributed by atoms with Crippen LogP contribution >= 0.6 is 58.0 Å². The smallest absolute Gasteiger partial charge is 0.407 e. The summed E-state index contributed by atoms with van der Waals surface area (Å²) in [6.45, 7) is 5.76. The monoisotopic (exact) mass is 871 g/mol. The average Bonchev–Trinajstić information content (AvgIpc) is 3.69. The molecule has 1 fully saturated rings. The second-order valence-corrected chi connectivity index (χ2v) is 19.9. The van der Waals surface area contributed by atoms with E-state index in [4.69, 9.17) is 9.47 Å². The number of thioether (sulfide) groups is 3. The minimum absolute atomic E-state index is 0.0839. The third-order valence-electron chi connectivity index (χ3n) is 9.02. The number of hydrogen-bond donors (Lipinski definition) is 2. The lowest BCUT2D eigenvalue weighted by Gasteiger charge is -2.49. The molecule has 300 valence electrons. The topological polar surface area (TPSA) is 131 Å². The summed E-state index contributed by atoms with van der Waals surface area (Å²) < 4.78 is 13.9. The van der Waals surface area contributed by atoms with Gasteiger partial charge in [-0.2, -0.15) is 11.8 Å². The van der Waals surface area contributed by atoms with E-state index < -0.39 is 41.1 Å². The fourth-order valence-electron chi connectivity index (χ4n) is 6.38. The van der Waals surface area contributed by atoms with E-state index in [-0.39, 0.29) is 23.5 Å². The molecule has 2 aliphatic heterocycles. The number of thiophene rings is 1. The Kier molecular flexibility index (Phi) is 13.3. The van der Waals surface area contributed by atoms with Crippen molar-refractivity contribution in [1.29, 1.82) is 0 Å². The standard InChI is InChI=1S/C43H41N3O7S5/c1-43(2,3)53-42(51)44-20-22-54-24-29-35(48)37-30(19-21-55-37)57-41(29)58-31-25-56-39-33(45-32(47)23-26-13-7-4-8-14-26)38(49)46(39)34(31)40(50)52-36(27-15-9-5-10-16-27)28-17-11-6-12-18-28/h4-19,21,33,36,39H,20,22-25H2,1-3H3,(H,44,51)(H,45,47)/t33?,39-/m0/s1. The predicted molar refractivity (Wildman–Crippen MR) is 235 cm³/mol. The number of ether oxygens (including phenoxy) is 2. The number of esters is 1. The average molecular weight is 872 g/mol. The van der Waals surface area contributed by atoms with Crippen molar-refractivity contribution in [3.05, 3.63) is 146 Å². The molecule has 1 unspecified atom stereocenters. The van der Waals surface area contributed by atoms with Crippen LogP contribution in [0.5, 0.6) is 0 Å². The summed E-state index contributed by atoms with van der Waals surface area (Å²) >= 11 is 7.13. The van der Waals surface area contributed by atoms with Gasteiger partial charge in [-0.25, -0.2) is 9.59 Å². The summed E-state index contributed by atoms with van der Waals surface area (Å²) in [6, 6.07) is 29.3. The number of carbonyl (C=O) groups excluding carboxylic acids is 4. The highest BCUT2D eigenvalue weighted by atomic mass is 32.2. The molecule has 4 heterocycles. The predicted octanol–water partition coefficient (Wildman–Crippen LogP) is 8.36. The number of alkyl carbamates (subject to hydrolysis) is 1. The maximum atomic E-state index is 14.7. The summed E-state index contributed by atoms with van der Waals surface area (Å²) in [6.07, 6.45) is -1.15. The molecule has 5 aromatic rings. The summed E-state index contributed by atoms with van der Waals surface area (Å²) in [5.74, 6) is -0.135. The van der Waals surface area contributed by atoms with Crippen molar-refractivity contribution >= 4 is 91.2 Å². The van der Waals surface area contributed by atoms with Crippen LogP contribution in [0.3, 0.4) is 0 Å². The summed E-state index contributed by atoms with van der Waals surface area (Å²) in [5, 5.41) is 7.03. The molecule has 7 rings (SSSR count). The highest BCUT2D eigenvalue weighted by molar-refractivity contribution is 8.07. The van der Waals surface area contributed by atoms with Crippen LogP contribution in [0, 0.1) is 0 Å². The molecule has 0 aliphatic carbocycles. The van der Waals surface area contributed by atoms with Gasteiger partial charge < -0.3 is 20.1 Å². The normalized spacial score (nSPS) is 16.5. The molecule has 1 saturated heterocycles. The van der Waals surface area contributed by atoms with Crippen LogP contribution in [0.4, 0.5) is 4.79 Å². The highest BCUT2D eigenvalue weighted by Crippen LogP contribution is 2.48. The third kappa shape index (κ3) is 9.83. The zero-order chi connectivity index (χ0) is 40.8. The van der Waals surface area contributed by atoms with Crippen molar-refractivity contribution in [1.82, 2.24) is 15.5 Å². The van der Waals surface area contributed by atoms with Crippen LogP contribution in [-0.2, 0) is 36.0 Å². The Morgan fingerprint density at radius 1 is 0.914 bits per heavy atom. The molecule has 2 aromatic heterocycles. The maximum Gasteiger partial charge on any atom is 0.407 e. The van der Waals surface area contributed by atoms with Gasteiger partial charge in [0.15, 0.2) is 6.10 Å². The second kappa shape index (κ2) is 18.6. The number of nitrogens with one attached hydrogen (secondary N) is 2. The number of carbonyl (C=O) groups is 4. The Morgan fingerprint density at radius 2 is 1.57 bits per heavy atom. The van der Waals surface area contributed by atoms with Crippen LogP contribution in [0.2, 0.25) is 0 Å². The number of amides is 3. The van der Waals surface area contributed by atoms with E-state index in [0.29, 0.717) is 43.2 Å². The van der Waals surface area contributed by atoms with E-state index in [1.54, 1.807) is 20.8 Å². The van der Waals surface area contributed by atoms with Crippen molar-refractivity contribution in [3.63, 3.8) is 0 Å². The van der Waals surface area contributed by atoms with Gasteiger partial charge in [0.25, 0.3) is 5.91 Å². The zero-order valence-corrected chi connectivity index (χ0v) is 36.0. The Bertz CT molecular complexity index is 2340. The Morgan fingerprint density at radius 3 is 2.22 bits per heavy atom. The van der Waals surface area contributed by atoms with Gasteiger partial charge in [0.2, 0.25) is 11.3 Å². The fourth-order valence-corrected chi connectivity index (χ4v) is 12.5. The van der Waals surface area contributed by atoms with Gasteiger partial charge in [-0.3, -0.25) is 19.3 Å². The van der Waals surface area contributed by atoms with Crippen molar-refractivity contribution < 1.29 is 28.7 Å².